The summed E-state index contributed by atoms with van der Waals surface area (Å²) in [4.78, 5) is 20.7. The monoisotopic (exact) mass is 314 g/mol. The number of hydrogen-bond donors (Lipinski definition) is 0. The molecule has 23 heavy (non-hydrogen) atoms. The SMILES string of the molecule is N#Cc1cccnc1N(CC(=O)N1CCCC1)CC1CCCO1. The molecule has 2 saturated heterocycles. The second kappa shape index (κ2) is 7.42. The molecule has 2 aliphatic heterocycles. The predicted octanol–water partition coefficient (Wildman–Crippen LogP) is 1.56. The Hall–Kier alpha value is -2.13. The highest BCUT2D eigenvalue weighted by atomic mass is 16.5. The molecule has 0 bridgehead atoms. The van der Waals surface area contributed by atoms with Crippen molar-refractivity contribution in [3.05, 3.63) is 23.9 Å². The molecule has 1 unspecified atom stereocenters. The van der Waals surface area contributed by atoms with Crippen molar-refractivity contribution in [1.29, 1.82) is 5.26 Å². The molecule has 6 heteroatoms. The number of likely N-dealkylation sites (tertiary alicyclic amines) is 1. The average molecular weight is 314 g/mol. The van der Waals surface area contributed by atoms with Gasteiger partial charge in [0.25, 0.3) is 0 Å². The molecule has 1 aromatic rings. The minimum Gasteiger partial charge on any atom is -0.376 e. The molecule has 0 aromatic carbocycles. The Balaban J connectivity index is 1.77. The maximum atomic E-state index is 12.5. The zero-order valence-electron chi connectivity index (χ0n) is 13.3. The molecule has 122 valence electrons. The first-order valence-corrected chi connectivity index (χ1v) is 8.27. The summed E-state index contributed by atoms with van der Waals surface area (Å²) < 4.78 is 5.71. The van der Waals surface area contributed by atoms with Crippen LogP contribution in [0.1, 0.15) is 31.2 Å². The number of rotatable bonds is 5. The van der Waals surface area contributed by atoms with Crippen molar-refractivity contribution in [2.45, 2.75) is 31.8 Å². The number of amides is 1. The van der Waals surface area contributed by atoms with Crippen LogP contribution in [0.4, 0.5) is 5.82 Å². The number of ether oxygens (including phenoxy) is 1. The number of pyridine rings is 1. The van der Waals surface area contributed by atoms with E-state index in [-0.39, 0.29) is 18.6 Å². The van der Waals surface area contributed by atoms with Crippen LogP contribution in [-0.4, -0.2) is 54.7 Å². The maximum Gasteiger partial charge on any atom is 0.242 e. The summed E-state index contributed by atoms with van der Waals surface area (Å²) in [6, 6.07) is 5.66. The van der Waals surface area contributed by atoms with E-state index in [0.717, 1.165) is 45.4 Å². The quantitative estimate of drug-likeness (QED) is 0.825. The number of anilines is 1. The summed E-state index contributed by atoms with van der Waals surface area (Å²) in [7, 11) is 0. The van der Waals surface area contributed by atoms with Crippen molar-refractivity contribution >= 4 is 11.7 Å². The fourth-order valence-electron chi connectivity index (χ4n) is 3.23. The Kier molecular flexibility index (Phi) is 5.09. The third-order valence-corrected chi connectivity index (χ3v) is 4.44. The zero-order valence-corrected chi connectivity index (χ0v) is 13.3. The van der Waals surface area contributed by atoms with E-state index in [9.17, 15) is 10.1 Å². The van der Waals surface area contributed by atoms with Gasteiger partial charge in [-0.2, -0.15) is 5.26 Å². The molecule has 0 radical (unpaired) electrons. The molecule has 0 saturated carbocycles. The Morgan fingerprint density at radius 1 is 1.43 bits per heavy atom. The first kappa shape index (κ1) is 15.8. The van der Waals surface area contributed by atoms with Crippen molar-refractivity contribution in [2.24, 2.45) is 0 Å². The fraction of sp³-hybridized carbons (Fsp3) is 0.588. The molecule has 2 fully saturated rings. The number of carbonyl (C=O) groups is 1. The summed E-state index contributed by atoms with van der Waals surface area (Å²) in [5, 5.41) is 9.33. The Morgan fingerprint density at radius 2 is 2.26 bits per heavy atom. The average Bonchev–Trinajstić information content (AvgIpc) is 3.27. The van der Waals surface area contributed by atoms with Crippen molar-refractivity contribution in [2.75, 3.05) is 37.7 Å². The predicted molar refractivity (Wildman–Crippen MR) is 86.0 cm³/mol. The van der Waals surface area contributed by atoms with Crippen LogP contribution in [0.3, 0.4) is 0 Å². The van der Waals surface area contributed by atoms with E-state index in [1.165, 1.54) is 0 Å². The molecule has 1 aromatic heterocycles. The number of carbonyl (C=O) groups excluding carboxylic acids is 1. The van der Waals surface area contributed by atoms with Crippen LogP contribution in [0, 0.1) is 11.3 Å². The van der Waals surface area contributed by atoms with E-state index in [1.54, 1.807) is 18.3 Å². The van der Waals surface area contributed by atoms with E-state index < -0.39 is 0 Å². The van der Waals surface area contributed by atoms with Gasteiger partial charge in [-0.15, -0.1) is 0 Å². The minimum absolute atomic E-state index is 0.106. The highest BCUT2D eigenvalue weighted by Crippen LogP contribution is 2.21. The molecule has 0 spiro atoms. The van der Waals surface area contributed by atoms with Gasteiger partial charge in [-0.1, -0.05) is 0 Å². The molecule has 1 atom stereocenters. The molecule has 1 amide bonds. The van der Waals surface area contributed by atoms with Gasteiger partial charge in [-0.05, 0) is 37.8 Å². The van der Waals surface area contributed by atoms with Crippen molar-refractivity contribution in [3.63, 3.8) is 0 Å². The lowest BCUT2D eigenvalue weighted by molar-refractivity contribution is -0.128. The zero-order chi connectivity index (χ0) is 16.1. The normalized spacial score (nSPS) is 20.5. The van der Waals surface area contributed by atoms with Crippen molar-refractivity contribution in [1.82, 2.24) is 9.88 Å². The molecule has 3 heterocycles. The smallest absolute Gasteiger partial charge is 0.242 e. The van der Waals surface area contributed by atoms with Gasteiger partial charge in [-0.25, -0.2) is 4.98 Å². The first-order chi connectivity index (χ1) is 11.3. The summed E-state index contributed by atoms with van der Waals surface area (Å²) in [5.74, 6) is 0.688. The number of nitrogens with zero attached hydrogens (tertiary/aromatic N) is 4. The Labute approximate surface area is 136 Å². The minimum atomic E-state index is 0.106. The van der Waals surface area contributed by atoms with Gasteiger partial charge in [0.15, 0.2) is 0 Å². The lowest BCUT2D eigenvalue weighted by atomic mass is 10.2. The molecule has 0 aliphatic carbocycles. The molecular weight excluding hydrogens is 292 g/mol. The van der Waals surface area contributed by atoms with E-state index in [0.29, 0.717) is 17.9 Å². The third kappa shape index (κ3) is 3.80. The van der Waals surface area contributed by atoms with Crippen LogP contribution in [0.15, 0.2) is 18.3 Å². The first-order valence-electron chi connectivity index (χ1n) is 8.27. The standard InChI is InChI=1S/C17H22N4O2/c18-11-14-5-3-7-19-17(14)21(12-15-6-4-10-23-15)13-16(22)20-8-1-2-9-20/h3,5,7,15H,1-2,4,6,8-10,12-13H2. The Bertz CT molecular complexity index is 587. The maximum absolute atomic E-state index is 12.5. The van der Waals surface area contributed by atoms with Gasteiger partial charge in [0.1, 0.15) is 11.9 Å². The van der Waals surface area contributed by atoms with Crippen LogP contribution >= 0.6 is 0 Å². The van der Waals surface area contributed by atoms with Crippen LogP contribution < -0.4 is 4.90 Å². The second-order valence-electron chi connectivity index (χ2n) is 6.09. The summed E-state index contributed by atoms with van der Waals surface area (Å²) in [6.07, 6.45) is 5.96. The number of hydrogen-bond acceptors (Lipinski definition) is 5. The third-order valence-electron chi connectivity index (χ3n) is 4.44. The lowest BCUT2D eigenvalue weighted by Crippen LogP contribution is -2.42. The van der Waals surface area contributed by atoms with E-state index in [2.05, 4.69) is 11.1 Å². The summed E-state index contributed by atoms with van der Waals surface area (Å²) >= 11 is 0. The van der Waals surface area contributed by atoms with Crippen LogP contribution in [0.25, 0.3) is 0 Å². The molecule has 3 rings (SSSR count). The fourth-order valence-corrected chi connectivity index (χ4v) is 3.23. The second-order valence-corrected chi connectivity index (χ2v) is 6.09. The lowest BCUT2D eigenvalue weighted by Gasteiger charge is -2.28. The number of aromatic nitrogens is 1. The molecule has 0 N–H and O–H groups in total. The van der Waals surface area contributed by atoms with Crippen LogP contribution in [-0.2, 0) is 9.53 Å². The summed E-state index contributed by atoms with van der Waals surface area (Å²) in [5.41, 5.74) is 0.500. The van der Waals surface area contributed by atoms with Gasteiger partial charge >= 0.3 is 0 Å². The van der Waals surface area contributed by atoms with E-state index >= 15 is 0 Å². The topological polar surface area (TPSA) is 69.5 Å². The highest BCUT2D eigenvalue weighted by Gasteiger charge is 2.26. The van der Waals surface area contributed by atoms with Crippen molar-refractivity contribution < 1.29 is 9.53 Å². The van der Waals surface area contributed by atoms with Gasteiger partial charge in [-0.3, -0.25) is 4.79 Å². The summed E-state index contributed by atoms with van der Waals surface area (Å²) in [6.45, 7) is 3.29. The van der Waals surface area contributed by atoms with E-state index in [1.807, 2.05) is 9.80 Å². The van der Waals surface area contributed by atoms with Gasteiger partial charge < -0.3 is 14.5 Å². The van der Waals surface area contributed by atoms with Gasteiger partial charge in [0, 0.05) is 32.4 Å². The highest BCUT2D eigenvalue weighted by molar-refractivity contribution is 5.82. The van der Waals surface area contributed by atoms with Crippen LogP contribution in [0.2, 0.25) is 0 Å². The van der Waals surface area contributed by atoms with Gasteiger partial charge in [0.2, 0.25) is 5.91 Å². The molecule has 2 aliphatic rings. The van der Waals surface area contributed by atoms with Crippen molar-refractivity contribution in [3.8, 4) is 6.07 Å². The molecule has 6 nitrogen and oxygen atoms in total. The van der Waals surface area contributed by atoms with Gasteiger partial charge in [0.05, 0.1) is 18.2 Å². The molecular formula is C17H22N4O2. The van der Waals surface area contributed by atoms with E-state index in [4.69, 9.17) is 4.74 Å². The Morgan fingerprint density at radius 3 is 2.96 bits per heavy atom. The largest absolute Gasteiger partial charge is 0.376 e. The van der Waals surface area contributed by atoms with Crippen LogP contribution in [0.5, 0.6) is 0 Å². The number of nitriles is 1.